The molecule has 6 amide bonds. The second-order valence-corrected chi connectivity index (χ2v) is 16.5. The van der Waals surface area contributed by atoms with Crippen molar-refractivity contribution in [3.63, 3.8) is 0 Å². The molecule has 0 radical (unpaired) electrons. The van der Waals surface area contributed by atoms with Crippen molar-refractivity contribution in [2.75, 3.05) is 5.32 Å². The second kappa shape index (κ2) is 17.7. The Morgan fingerprint density at radius 1 is 0.774 bits per heavy atom. The van der Waals surface area contributed by atoms with Crippen LogP contribution in [-0.4, -0.2) is 82.4 Å². The number of benzene rings is 1. The normalized spacial score (nSPS) is 23.4. The van der Waals surface area contributed by atoms with E-state index < -0.39 is 70.8 Å². The third-order valence-electron chi connectivity index (χ3n) is 11.3. The maximum Gasteiger partial charge on any atom is 0.313 e. The molecule has 13 heteroatoms. The molecule has 1 aromatic rings. The number of para-hydroxylation sites is 1. The largest absolute Gasteiger partial charge is 0.347 e. The Balaban J connectivity index is 1.36. The van der Waals surface area contributed by atoms with Crippen LogP contribution in [0.4, 0.5) is 5.69 Å². The van der Waals surface area contributed by atoms with Crippen LogP contribution in [-0.2, 0) is 33.6 Å². The van der Waals surface area contributed by atoms with E-state index in [1.165, 1.54) is 0 Å². The molecule has 6 atom stereocenters. The van der Waals surface area contributed by atoms with Gasteiger partial charge in [-0.25, -0.2) is 0 Å². The molecule has 5 N–H and O–H groups in total. The molecule has 1 aromatic carbocycles. The average Bonchev–Trinajstić information content (AvgIpc) is 3.87. The van der Waals surface area contributed by atoms with E-state index in [0.29, 0.717) is 37.8 Å². The van der Waals surface area contributed by atoms with Crippen LogP contribution in [0.15, 0.2) is 30.3 Å². The van der Waals surface area contributed by atoms with E-state index in [4.69, 9.17) is 0 Å². The van der Waals surface area contributed by atoms with E-state index in [1.54, 1.807) is 35.2 Å². The third kappa shape index (κ3) is 10.2. The van der Waals surface area contributed by atoms with Crippen molar-refractivity contribution < 1.29 is 33.6 Å². The summed E-state index contributed by atoms with van der Waals surface area (Å²) in [5, 5.41) is 13.8. The van der Waals surface area contributed by atoms with Crippen LogP contribution in [0.5, 0.6) is 0 Å². The van der Waals surface area contributed by atoms with E-state index in [1.807, 2.05) is 27.7 Å². The van der Waals surface area contributed by atoms with Crippen LogP contribution >= 0.6 is 0 Å². The number of likely N-dealkylation sites (tertiary alicyclic amines) is 1. The van der Waals surface area contributed by atoms with Gasteiger partial charge in [-0.15, -0.1) is 0 Å². The third-order valence-corrected chi connectivity index (χ3v) is 11.3. The SMILES string of the molecule is CCC[C@H](NC(=O)[C@H]1CC2CCCCC2N1C(=O)[C@@H](NC(=O)[C@@H](NC(=O)C(=O)Nc1ccccc1)C1CCCCC1)C(C)(C)C)C(=O)C(=O)NC1CC1. The number of nitrogens with one attached hydrogen (secondary N) is 5. The van der Waals surface area contributed by atoms with Crippen LogP contribution < -0.4 is 26.6 Å². The fourth-order valence-corrected chi connectivity index (χ4v) is 8.29. The molecule has 1 aliphatic heterocycles. The highest BCUT2D eigenvalue weighted by molar-refractivity contribution is 6.40. The molecule has 3 aliphatic carbocycles. The van der Waals surface area contributed by atoms with Crippen molar-refractivity contribution in [2.24, 2.45) is 17.3 Å². The van der Waals surface area contributed by atoms with Crippen molar-refractivity contribution in [1.82, 2.24) is 26.2 Å². The Bertz CT molecular complexity index is 1520. The zero-order valence-electron chi connectivity index (χ0n) is 31.7. The van der Waals surface area contributed by atoms with Crippen LogP contribution in [0, 0.1) is 17.3 Å². The molecule has 5 rings (SSSR count). The Morgan fingerprint density at radius 2 is 1.43 bits per heavy atom. The van der Waals surface area contributed by atoms with Gasteiger partial charge in [0.1, 0.15) is 18.1 Å². The first-order valence-electron chi connectivity index (χ1n) is 19.7. The predicted molar refractivity (Wildman–Crippen MR) is 199 cm³/mol. The van der Waals surface area contributed by atoms with E-state index in [9.17, 15) is 33.6 Å². The first-order chi connectivity index (χ1) is 25.3. The molecule has 290 valence electrons. The molecule has 1 saturated heterocycles. The number of hydrogen-bond acceptors (Lipinski definition) is 7. The van der Waals surface area contributed by atoms with Crippen molar-refractivity contribution in [3.8, 4) is 0 Å². The molecule has 1 heterocycles. The fraction of sp³-hybridized carbons (Fsp3) is 0.675. The zero-order chi connectivity index (χ0) is 38.3. The summed E-state index contributed by atoms with van der Waals surface area (Å²) in [6, 6.07) is 4.34. The summed E-state index contributed by atoms with van der Waals surface area (Å²) in [7, 11) is 0. The lowest BCUT2D eigenvalue weighted by Gasteiger charge is -2.40. The van der Waals surface area contributed by atoms with E-state index >= 15 is 0 Å². The summed E-state index contributed by atoms with van der Waals surface area (Å²) in [6.07, 6.45) is 10.5. The van der Waals surface area contributed by atoms with Gasteiger partial charge in [-0.1, -0.05) is 84.4 Å². The number of nitrogens with zero attached hydrogens (tertiary/aromatic N) is 1. The maximum atomic E-state index is 14.9. The standard InChI is InChI=1S/C40H58N6O7/c1-5-14-28(32(47)36(50)41-27-21-22-27)43-34(48)30-23-25-17-12-13-20-29(25)46(30)39(53)33(40(2,3)4)45-35(49)31(24-15-8-6-9-16-24)44-38(52)37(51)42-26-18-10-7-11-19-26/h7,10-11,18-19,24-25,27-31,33H,5-6,8-9,12-17,20-23H2,1-4H3,(H,41,50)(H,42,51)(H,43,48)(H,44,52)(H,45,49)/t25?,28-,29?,30+,31-,33+/m0/s1. The number of carbonyl (C=O) groups excluding carboxylic acids is 7. The number of fused-ring (bicyclic) bond motifs is 1. The van der Waals surface area contributed by atoms with Gasteiger partial charge in [-0.05, 0) is 80.8 Å². The number of amides is 6. The Labute approximate surface area is 312 Å². The smallest absolute Gasteiger partial charge is 0.313 e. The molecule has 2 unspecified atom stereocenters. The number of carbonyl (C=O) groups is 7. The number of anilines is 1. The van der Waals surface area contributed by atoms with Crippen molar-refractivity contribution in [1.29, 1.82) is 0 Å². The van der Waals surface area contributed by atoms with Crippen LogP contribution in [0.3, 0.4) is 0 Å². The quantitative estimate of drug-likeness (QED) is 0.192. The van der Waals surface area contributed by atoms with Gasteiger partial charge in [0.25, 0.3) is 5.91 Å². The summed E-state index contributed by atoms with van der Waals surface area (Å²) in [6.45, 7) is 7.40. The molecule has 53 heavy (non-hydrogen) atoms. The summed E-state index contributed by atoms with van der Waals surface area (Å²) < 4.78 is 0. The van der Waals surface area contributed by atoms with Gasteiger partial charge in [0.15, 0.2) is 0 Å². The van der Waals surface area contributed by atoms with Crippen LogP contribution in [0.2, 0.25) is 0 Å². The van der Waals surface area contributed by atoms with Crippen LogP contribution in [0.25, 0.3) is 0 Å². The van der Waals surface area contributed by atoms with Gasteiger partial charge < -0.3 is 31.5 Å². The summed E-state index contributed by atoms with van der Waals surface area (Å²) in [5.74, 6) is -4.81. The zero-order valence-corrected chi connectivity index (χ0v) is 31.7. The van der Waals surface area contributed by atoms with Crippen LogP contribution in [0.1, 0.15) is 118 Å². The molecule has 0 spiro atoms. The van der Waals surface area contributed by atoms with Gasteiger partial charge in [0, 0.05) is 17.8 Å². The minimum atomic E-state index is -1.07. The van der Waals surface area contributed by atoms with E-state index in [-0.39, 0.29) is 30.3 Å². The van der Waals surface area contributed by atoms with Crippen molar-refractivity contribution >= 4 is 46.9 Å². The lowest BCUT2D eigenvalue weighted by molar-refractivity contribution is -0.148. The van der Waals surface area contributed by atoms with Crippen molar-refractivity contribution in [3.05, 3.63) is 30.3 Å². The fourth-order valence-electron chi connectivity index (χ4n) is 8.29. The Kier molecular flexibility index (Phi) is 13.3. The Morgan fingerprint density at radius 3 is 2.08 bits per heavy atom. The molecule has 13 nitrogen and oxygen atoms in total. The molecule has 0 bridgehead atoms. The number of ketones is 1. The van der Waals surface area contributed by atoms with E-state index in [0.717, 1.165) is 51.4 Å². The number of Topliss-reactive ketones (excluding diaryl/α,β-unsaturated/α-hetero) is 1. The van der Waals surface area contributed by atoms with Crippen molar-refractivity contribution in [2.45, 2.75) is 154 Å². The maximum absolute atomic E-state index is 14.9. The minimum absolute atomic E-state index is 0.00230. The average molecular weight is 735 g/mol. The van der Waals surface area contributed by atoms with Gasteiger partial charge in [-0.2, -0.15) is 0 Å². The topological polar surface area (TPSA) is 183 Å². The highest BCUT2D eigenvalue weighted by Crippen LogP contribution is 2.41. The predicted octanol–water partition coefficient (Wildman–Crippen LogP) is 3.51. The molecule has 0 aromatic heterocycles. The highest BCUT2D eigenvalue weighted by Gasteiger charge is 2.51. The molecule has 3 saturated carbocycles. The monoisotopic (exact) mass is 734 g/mol. The number of hydrogen-bond donors (Lipinski definition) is 5. The second-order valence-electron chi connectivity index (χ2n) is 16.5. The molecule has 4 aliphatic rings. The van der Waals surface area contributed by atoms with Gasteiger partial charge in [0.05, 0.1) is 6.04 Å². The summed E-state index contributed by atoms with van der Waals surface area (Å²) >= 11 is 0. The lowest BCUT2D eigenvalue weighted by Crippen LogP contribution is -2.63. The lowest BCUT2D eigenvalue weighted by atomic mass is 9.81. The van der Waals surface area contributed by atoms with Gasteiger partial charge in [0.2, 0.25) is 23.5 Å². The summed E-state index contributed by atoms with van der Waals surface area (Å²) in [5.41, 5.74) is -0.352. The molecular weight excluding hydrogens is 676 g/mol. The molecule has 4 fully saturated rings. The minimum Gasteiger partial charge on any atom is -0.347 e. The Hall–Kier alpha value is -4.29. The molecular formula is C40H58N6O7. The van der Waals surface area contributed by atoms with Gasteiger partial charge in [-0.3, -0.25) is 33.6 Å². The first kappa shape index (κ1) is 39.9. The first-order valence-corrected chi connectivity index (χ1v) is 19.7. The summed E-state index contributed by atoms with van der Waals surface area (Å²) in [4.78, 5) is 96.9. The van der Waals surface area contributed by atoms with E-state index in [2.05, 4.69) is 26.6 Å². The van der Waals surface area contributed by atoms with Gasteiger partial charge >= 0.3 is 11.8 Å². The number of rotatable bonds is 13. The highest BCUT2D eigenvalue weighted by atomic mass is 16.2.